The summed E-state index contributed by atoms with van der Waals surface area (Å²) in [6.45, 7) is 1.98. The molecule has 1 spiro atoms. The van der Waals surface area contributed by atoms with Gasteiger partial charge in [-0.2, -0.15) is 10.5 Å². The lowest BCUT2D eigenvalue weighted by molar-refractivity contribution is -0.126. The van der Waals surface area contributed by atoms with Crippen LogP contribution in [0.2, 0.25) is 0 Å². The molecule has 94 valence electrons. The summed E-state index contributed by atoms with van der Waals surface area (Å²) in [4.78, 5) is 12.0. The second kappa shape index (κ2) is 5.04. The first-order valence-corrected chi connectivity index (χ1v) is 7.16. The van der Waals surface area contributed by atoms with E-state index in [9.17, 15) is 15.3 Å². The van der Waals surface area contributed by atoms with Crippen molar-refractivity contribution in [2.24, 2.45) is 11.3 Å². The number of amides is 1. The minimum absolute atomic E-state index is 0.241. The maximum atomic E-state index is 12.0. The lowest BCUT2D eigenvalue weighted by Gasteiger charge is -2.37. The van der Waals surface area contributed by atoms with Crippen LogP contribution in [-0.2, 0) is 4.79 Å². The lowest BCUT2D eigenvalue weighted by Crippen LogP contribution is -2.46. The van der Waals surface area contributed by atoms with Gasteiger partial charge in [0.2, 0.25) is 5.91 Å². The van der Waals surface area contributed by atoms with Crippen molar-refractivity contribution < 1.29 is 4.79 Å². The van der Waals surface area contributed by atoms with Crippen molar-refractivity contribution in [1.82, 2.24) is 5.32 Å². The first-order valence-electron chi connectivity index (χ1n) is 6.17. The zero-order valence-corrected chi connectivity index (χ0v) is 11.1. The molecule has 2 rings (SSSR count). The van der Waals surface area contributed by atoms with Crippen molar-refractivity contribution in [3.63, 3.8) is 0 Å². The van der Waals surface area contributed by atoms with Crippen LogP contribution in [0, 0.1) is 34.0 Å². The van der Waals surface area contributed by atoms with E-state index in [1.54, 1.807) is 0 Å². The van der Waals surface area contributed by atoms with Crippen molar-refractivity contribution in [2.75, 3.05) is 5.75 Å². The molecule has 1 unspecified atom stereocenters. The van der Waals surface area contributed by atoms with Gasteiger partial charge in [-0.05, 0) is 18.6 Å². The van der Waals surface area contributed by atoms with Crippen LogP contribution in [0.15, 0.2) is 10.6 Å². The maximum absolute atomic E-state index is 12.0. The van der Waals surface area contributed by atoms with E-state index in [1.165, 1.54) is 11.8 Å². The van der Waals surface area contributed by atoms with Gasteiger partial charge in [0.25, 0.3) is 0 Å². The largest absolute Gasteiger partial charge is 0.319 e. The monoisotopic (exact) mass is 261 g/mol. The average Bonchev–Trinajstić information content (AvgIpc) is 2.80. The van der Waals surface area contributed by atoms with E-state index in [-0.39, 0.29) is 5.91 Å². The Bertz CT molecular complexity index is 477. The van der Waals surface area contributed by atoms with Crippen LogP contribution in [0.5, 0.6) is 0 Å². The first-order chi connectivity index (χ1) is 8.69. The van der Waals surface area contributed by atoms with Crippen molar-refractivity contribution >= 4 is 17.7 Å². The fourth-order valence-electron chi connectivity index (χ4n) is 3.01. The molecular formula is C13H15N3OS. The third-order valence-corrected chi connectivity index (χ3v) is 4.69. The molecule has 5 heteroatoms. The summed E-state index contributed by atoms with van der Waals surface area (Å²) < 4.78 is 0. The predicted octanol–water partition coefficient (Wildman–Crippen LogP) is 2.30. The molecule has 1 amide bonds. The zero-order valence-electron chi connectivity index (χ0n) is 10.3. The molecule has 1 fully saturated rings. The summed E-state index contributed by atoms with van der Waals surface area (Å²) in [5.41, 5.74) is 0.0987. The molecule has 1 heterocycles. The van der Waals surface area contributed by atoms with Gasteiger partial charge in [0.1, 0.15) is 5.92 Å². The number of nitrogens with zero attached hydrogens (tertiary/aromatic N) is 2. The summed E-state index contributed by atoms with van der Waals surface area (Å²) in [6.07, 6.45) is 3.52. The minimum Gasteiger partial charge on any atom is -0.319 e. The maximum Gasteiger partial charge on any atom is 0.243 e. The second-order valence-corrected chi connectivity index (χ2v) is 5.94. The number of carbonyl (C=O) groups excluding carboxylic acids is 1. The Balaban J connectivity index is 2.54. The van der Waals surface area contributed by atoms with Crippen LogP contribution in [0.3, 0.4) is 0 Å². The Labute approximate surface area is 111 Å². The summed E-state index contributed by atoms with van der Waals surface area (Å²) >= 11 is 1.48. The number of hydrogen-bond donors (Lipinski definition) is 1. The van der Waals surface area contributed by atoms with Gasteiger partial charge in [-0.3, -0.25) is 4.79 Å². The first kappa shape index (κ1) is 13.0. The van der Waals surface area contributed by atoms with Crippen LogP contribution in [0.25, 0.3) is 0 Å². The Morgan fingerprint density at radius 2 is 2.11 bits per heavy atom. The molecule has 0 aromatic rings. The summed E-state index contributed by atoms with van der Waals surface area (Å²) in [7, 11) is 0. The second-order valence-electron chi connectivity index (χ2n) is 4.66. The molecule has 0 aromatic heterocycles. The molecule has 0 aromatic carbocycles. The number of carbonyl (C=O) groups is 1. The third-order valence-electron chi connectivity index (χ3n) is 3.80. The third kappa shape index (κ3) is 1.79. The molecule has 0 saturated heterocycles. The van der Waals surface area contributed by atoms with Crippen molar-refractivity contribution in [1.29, 1.82) is 10.5 Å². The van der Waals surface area contributed by atoms with Gasteiger partial charge in [-0.1, -0.05) is 19.8 Å². The van der Waals surface area contributed by atoms with E-state index in [4.69, 9.17) is 0 Å². The molecular weight excluding hydrogens is 246 g/mol. The van der Waals surface area contributed by atoms with Gasteiger partial charge in [0, 0.05) is 5.41 Å². The molecule has 1 atom stereocenters. The summed E-state index contributed by atoms with van der Waals surface area (Å²) in [6, 6.07) is 4.36. The number of nitriles is 2. The fraction of sp³-hybridized carbons (Fsp3) is 0.615. The van der Waals surface area contributed by atoms with Gasteiger partial charge >= 0.3 is 0 Å². The molecule has 18 heavy (non-hydrogen) atoms. The molecule has 1 aliphatic carbocycles. The number of thioether (sulfide) groups is 1. The van der Waals surface area contributed by atoms with Gasteiger partial charge in [0.15, 0.2) is 0 Å². The van der Waals surface area contributed by atoms with Gasteiger partial charge in [-0.25, -0.2) is 0 Å². The highest BCUT2D eigenvalue weighted by atomic mass is 32.2. The number of nitrogens with one attached hydrogen (secondary N) is 1. The van der Waals surface area contributed by atoms with E-state index < -0.39 is 11.3 Å². The van der Waals surface area contributed by atoms with E-state index in [1.807, 2.05) is 6.92 Å². The molecule has 1 saturated carbocycles. The summed E-state index contributed by atoms with van der Waals surface area (Å²) in [5.74, 6) is -0.154. The summed E-state index contributed by atoms with van der Waals surface area (Å²) in [5, 5.41) is 22.1. The molecule has 1 aliphatic heterocycles. The van der Waals surface area contributed by atoms with E-state index in [0.29, 0.717) is 10.6 Å². The normalized spacial score (nSPS) is 25.7. The van der Waals surface area contributed by atoms with Crippen LogP contribution >= 0.6 is 11.8 Å². The molecule has 4 nitrogen and oxygen atoms in total. The average molecular weight is 261 g/mol. The Hall–Kier alpha value is -1.46. The number of hydrogen-bond acceptors (Lipinski definition) is 4. The predicted molar refractivity (Wildman–Crippen MR) is 68.9 cm³/mol. The van der Waals surface area contributed by atoms with E-state index >= 15 is 0 Å². The van der Waals surface area contributed by atoms with Gasteiger partial charge in [0.05, 0.1) is 22.7 Å². The van der Waals surface area contributed by atoms with Crippen LogP contribution in [0.1, 0.15) is 32.6 Å². The number of allylic oxidation sites excluding steroid dienone is 1. The highest BCUT2D eigenvalue weighted by molar-refractivity contribution is 8.03. The molecule has 2 aliphatic rings. The van der Waals surface area contributed by atoms with Crippen molar-refractivity contribution in [2.45, 2.75) is 32.6 Å². The molecule has 1 N–H and O–H groups in total. The standard InChI is InChI=1S/C13H15N3OS/c1-2-18-12-10(8-15)13(5-3-4-6-13)9(7-14)11(17)16-12/h9H,2-6H2,1H3,(H,16,17). The quantitative estimate of drug-likeness (QED) is 0.827. The SMILES string of the molecule is CCSC1=C(C#N)C2(CCCC2)C(C#N)C(=O)N1. The highest BCUT2D eigenvalue weighted by Crippen LogP contribution is 2.53. The fourth-order valence-corrected chi connectivity index (χ4v) is 3.86. The molecule has 0 bridgehead atoms. The van der Waals surface area contributed by atoms with Gasteiger partial charge < -0.3 is 5.32 Å². The minimum atomic E-state index is -0.712. The van der Waals surface area contributed by atoms with Gasteiger partial charge in [-0.15, -0.1) is 11.8 Å². The molecule has 0 radical (unpaired) electrons. The van der Waals surface area contributed by atoms with Crippen LogP contribution in [0.4, 0.5) is 0 Å². The van der Waals surface area contributed by atoms with Crippen molar-refractivity contribution in [3.8, 4) is 12.1 Å². The van der Waals surface area contributed by atoms with E-state index in [0.717, 1.165) is 31.4 Å². The Kier molecular flexibility index (Phi) is 3.63. The zero-order chi connectivity index (χ0) is 13.2. The van der Waals surface area contributed by atoms with Crippen molar-refractivity contribution in [3.05, 3.63) is 10.6 Å². The highest BCUT2D eigenvalue weighted by Gasteiger charge is 2.52. The topological polar surface area (TPSA) is 76.7 Å². The van der Waals surface area contributed by atoms with Crippen LogP contribution in [-0.4, -0.2) is 11.7 Å². The Morgan fingerprint density at radius 1 is 1.44 bits per heavy atom. The smallest absolute Gasteiger partial charge is 0.243 e. The Morgan fingerprint density at radius 3 is 2.61 bits per heavy atom. The van der Waals surface area contributed by atoms with Crippen LogP contribution < -0.4 is 5.32 Å². The lowest BCUT2D eigenvalue weighted by atomic mass is 9.67. The number of rotatable bonds is 2. The van der Waals surface area contributed by atoms with E-state index in [2.05, 4.69) is 17.5 Å².